The molecule has 2 aromatic carbocycles. The quantitative estimate of drug-likeness (QED) is 0.853. The molecular formula is C18H22N2O2. The second-order valence-corrected chi connectivity index (χ2v) is 6.29. The first-order valence-electron chi connectivity index (χ1n) is 7.44. The Balaban J connectivity index is 1.94. The summed E-state index contributed by atoms with van der Waals surface area (Å²) in [6, 6.07) is 13.5. The fraction of sp³-hybridized carbons (Fsp3) is 0.333. The summed E-state index contributed by atoms with van der Waals surface area (Å²) in [6.45, 7) is 6.40. The molecule has 0 aromatic heterocycles. The van der Waals surface area contributed by atoms with Crippen LogP contribution in [-0.2, 0) is 4.79 Å². The van der Waals surface area contributed by atoms with Gasteiger partial charge in [-0.2, -0.15) is 0 Å². The van der Waals surface area contributed by atoms with Crippen molar-refractivity contribution in [2.24, 2.45) is 5.41 Å². The van der Waals surface area contributed by atoms with Crippen LogP contribution in [0, 0.1) is 5.41 Å². The molecule has 0 heterocycles. The van der Waals surface area contributed by atoms with Gasteiger partial charge < -0.3 is 10.6 Å². The molecule has 0 fully saturated rings. The molecule has 116 valence electrons. The number of benzene rings is 2. The van der Waals surface area contributed by atoms with Crippen molar-refractivity contribution in [3.8, 4) is 0 Å². The van der Waals surface area contributed by atoms with Gasteiger partial charge in [0.05, 0.1) is 0 Å². The number of hydrogen-bond donors (Lipinski definition) is 2. The van der Waals surface area contributed by atoms with Crippen LogP contribution in [0.1, 0.15) is 31.1 Å². The van der Waals surface area contributed by atoms with E-state index in [1.807, 2.05) is 63.2 Å². The van der Waals surface area contributed by atoms with E-state index in [4.69, 9.17) is 0 Å². The van der Waals surface area contributed by atoms with E-state index in [9.17, 15) is 9.59 Å². The maximum absolute atomic E-state index is 12.3. The Bertz CT molecular complexity index is 682. The third-order valence-corrected chi connectivity index (χ3v) is 3.41. The predicted octanol–water partition coefficient (Wildman–Crippen LogP) is 2.73. The van der Waals surface area contributed by atoms with E-state index in [2.05, 4.69) is 10.6 Å². The van der Waals surface area contributed by atoms with E-state index < -0.39 is 5.41 Å². The van der Waals surface area contributed by atoms with E-state index in [0.717, 1.165) is 10.8 Å². The van der Waals surface area contributed by atoms with E-state index in [1.54, 1.807) is 0 Å². The van der Waals surface area contributed by atoms with Crippen molar-refractivity contribution >= 4 is 22.6 Å². The Morgan fingerprint density at radius 1 is 0.909 bits per heavy atom. The molecule has 4 heteroatoms. The number of carbonyl (C=O) groups excluding carboxylic acids is 2. The summed E-state index contributed by atoms with van der Waals surface area (Å²) in [7, 11) is 0. The van der Waals surface area contributed by atoms with E-state index in [0.29, 0.717) is 18.7 Å². The number of carbonyl (C=O) groups is 2. The van der Waals surface area contributed by atoms with Gasteiger partial charge in [0.2, 0.25) is 5.91 Å². The average molecular weight is 298 g/mol. The van der Waals surface area contributed by atoms with Crippen LogP contribution < -0.4 is 10.6 Å². The summed E-state index contributed by atoms with van der Waals surface area (Å²) >= 11 is 0. The molecule has 2 N–H and O–H groups in total. The molecular weight excluding hydrogens is 276 g/mol. The molecule has 0 saturated carbocycles. The van der Waals surface area contributed by atoms with Crippen molar-refractivity contribution < 1.29 is 9.59 Å². The molecule has 0 atom stereocenters. The molecule has 4 nitrogen and oxygen atoms in total. The van der Waals surface area contributed by atoms with Crippen LogP contribution in [0.3, 0.4) is 0 Å². The summed E-state index contributed by atoms with van der Waals surface area (Å²) in [5, 5.41) is 7.63. The topological polar surface area (TPSA) is 58.2 Å². The van der Waals surface area contributed by atoms with Crippen LogP contribution in [0.2, 0.25) is 0 Å². The minimum atomic E-state index is -0.417. The van der Waals surface area contributed by atoms with Gasteiger partial charge in [0, 0.05) is 24.1 Å². The minimum Gasteiger partial charge on any atom is -0.354 e. The van der Waals surface area contributed by atoms with E-state index >= 15 is 0 Å². The Hall–Kier alpha value is -2.36. The van der Waals surface area contributed by atoms with Gasteiger partial charge in [-0.1, -0.05) is 57.2 Å². The molecule has 0 radical (unpaired) electrons. The number of fused-ring (bicyclic) bond motifs is 1. The second kappa shape index (κ2) is 6.60. The highest BCUT2D eigenvalue weighted by Gasteiger charge is 2.20. The van der Waals surface area contributed by atoms with Crippen LogP contribution >= 0.6 is 0 Å². The van der Waals surface area contributed by atoms with Crippen molar-refractivity contribution in [1.29, 1.82) is 0 Å². The van der Waals surface area contributed by atoms with Gasteiger partial charge in [0.25, 0.3) is 5.91 Å². The lowest BCUT2D eigenvalue weighted by atomic mass is 9.96. The first-order valence-corrected chi connectivity index (χ1v) is 7.44. The number of nitrogens with one attached hydrogen (secondary N) is 2. The Morgan fingerprint density at radius 2 is 1.55 bits per heavy atom. The smallest absolute Gasteiger partial charge is 0.251 e. The molecule has 0 aliphatic carbocycles. The normalized spacial score (nSPS) is 11.2. The summed E-state index contributed by atoms with van der Waals surface area (Å²) < 4.78 is 0. The average Bonchev–Trinajstić information content (AvgIpc) is 2.49. The molecule has 0 bridgehead atoms. The molecule has 0 saturated heterocycles. The van der Waals surface area contributed by atoms with Crippen LogP contribution in [0.15, 0.2) is 42.5 Å². The summed E-state index contributed by atoms with van der Waals surface area (Å²) in [5.41, 5.74) is 0.236. The molecule has 0 aliphatic heterocycles. The van der Waals surface area contributed by atoms with Gasteiger partial charge in [0.15, 0.2) is 0 Å². The lowest BCUT2D eigenvalue weighted by Crippen LogP contribution is -2.39. The third kappa shape index (κ3) is 3.85. The van der Waals surface area contributed by atoms with Gasteiger partial charge >= 0.3 is 0 Å². The second-order valence-electron chi connectivity index (χ2n) is 6.29. The SMILES string of the molecule is CC(C)(C)C(=O)NCCNC(=O)c1cccc2ccccc12. The first-order chi connectivity index (χ1) is 10.4. The zero-order chi connectivity index (χ0) is 16.2. The molecule has 2 rings (SSSR count). The van der Waals surface area contributed by atoms with Crippen molar-refractivity contribution in [3.63, 3.8) is 0 Å². The zero-order valence-corrected chi connectivity index (χ0v) is 13.3. The standard InChI is InChI=1S/C18H22N2O2/c1-18(2,3)17(22)20-12-11-19-16(21)15-10-6-8-13-7-4-5-9-14(13)15/h4-10H,11-12H2,1-3H3,(H,19,21)(H,20,22). The highest BCUT2D eigenvalue weighted by Crippen LogP contribution is 2.18. The van der Waals surface area contributed by atoms with Gasteiger partial charge in [0.1, 0.15) is 0 Å². The van der Waals surface area contributed by atoms with Gasteiger partial charge in [-0.15, -0.1) is 0 Å². The minimum absolute atomic E-state index is 0.0214. The van der Waals surface area contributed by atoms with Crippen LogP contribution in [0.25, 0.3) is 10.8 Å². The molecule has 0 unspecified atom stereocenters. The van der Waals surface area contributed by atoms with Crippen LogP contribution in [-0.4, -0.2) is 24.9 Å². The molecule has 22 heavy (non-hydrogen) atoms. The fourth-order valence-corrected chi connectivity index (χ4v) is 2.14. The van der Waals surface area contributed by atoms with E-state index in [-0.39, 0.29) is 11.8 Å². The highest BCUT2D eigenvalue weighted by molar-refractivity contribution is 6.07. The summed E-state index contributed by atoms with van der Waals surface area (Å²) in [4.78, 5) is 24.0. The maximum Gasteiger partial charge on any atom is 0.251 e. The monoisotopic (exact) mass is 298 g/mol. The lowest BCUT2D eigenvalue weighted by Gasteiger charge is -2.17. The zero-order valence-electron chi connectivity index (χ0n) is 13.3. The van der Waals surface area contributed by atoms with Gasteiger partial charge in [-0.25, -0.2) is 0 Å². The first kappa shape index (κ1) is 16.0. The Labute approximate surface area is 130 Å². The lowest BCUT2D eigenvalue weighted by molar-refractivity contribution is -0.128. The number of hydrogen-bond acceptors (Lipinski definition) is 2. The largest absolute Gasteiger partial charge is 0.354 e. The Kier molecular flexibility index (Phi) is 4.81. The van der Waals surface area contributed by atoms with Crippen molar-refractivity contribution in [2.75, 3.05) is 13.1 Å². The molecule has 0 aliphatic rings. The van der Waals surface area contributed by atoms with Crippen molar-refractivity contribution in [1.82, 2.24) is 10.6 Å². The third-order valence-electron chi connectivity index (χ3n) is 3.41. The van der Waals surface area contributed by atoms with E-state index in [1.165, 1.54) is 0 Å². The maximum atomic E-state index is 12.3. The Morgan fingerprint density at radius 3 is 2.27 bits per heavy atom. The molecule has 2 aromatic rings. The predicted molar refractivity (Wildman–Crippen MR) is 88.7 cm³/mol. The summed E-state index contributed by atoms with van der Waals surface area (Å²) in [6.07, 6.45) is 0. The van der Waals surface area contributed by atoms with Gasteiger partial charge in [-0.3, -0.25) is 9.59 Å². The molecule has 0 spiro atoms. The fourth-order valence-electron chi connectivity index (χ4n) is 2.14. The molecule has 2 amide bonds. The number of amides is 2. The number of rotatable bonds is 4. The van der Waals surface area contributed by atoms with Gasteiger partial charge in [-0.05, 0) is 16.8 Å². The van der Waals surface area contributed by atoms with Crippen LogP contribution in [0.5, 0.6) is 0 Å². The van der Waals surface area contributed by atoms with Crippen molar-refractivity contribution in [2.45, 2.75) is 20.8 Å². The van der Waals surface area contributed by atoms with Crippen molar-refractivity contribution in [3.05, 3.63) is 48.0 Å². The van der Waals surface area contributed by atoms with Crippen LogP contribution in [0.4, 0.5) is 0 Å². The highest BCUT2D eigenvalue weighted by atomic mass is 16.2. The summed E-state index contributed by atoms with van der Waals surface area (Å²) in [5.74, 6) is -0.145.